The Hall–Kier alpha value is -0.220. The van der Waals surface area contributed by atoms with Gasteiger partial charge in [0.2, 0.25) is 5.91 Å². The lowest BCUT2D eigenvalue weighted by molar-refractivity contribution is -0.121. The van der Waals surface area contributed by atoms with Crippen LogP contribution >= 0.6 is 11.8 Å². The monoisotopic (exact) mass is 232 g/mol. The van der Waals surface area contributed by atoms with Gasteiger partial charge in [-0.2, -0.15) is 0 Å². The van der Waals surface area contributed by atoms with Gasteiger partial charge < -0.3 is 11.1 Å². The third kappa shape index (κ3) is 6.79. The number of nitrogens with one attached hydrogen (secondary N) is 1. The minimum absolute atomic E-state index is 0.0261. The second-order valence-electron chi connectivity index (χ2n) is 4.68. The van der Waals surface area contributed by atoms with Crippen LogP contribution in [0.4, 0.5) is 0 Å². The Labute approximate surface area is 97.6 Å². The van der Waals surface area contributed by atoms with Gasteiger partial charge in [-0.15, -0.1) is 11.8 Å². The van der Waals surface area contributed by atoms with Crippen LogP contribution in [0, 0.1) is 0 Å². The van der Waals surface area contributed by atoms with Crippen molar-refractivity contribution in [3.8, 4) is 0 Å². The van der Waals surface area contributed by atoms with Crippen molar-refractivity contribution in [3.63, 3.8) is 0 Å². The Morgan fingerprint density at radius 3 is 2.40 bits per heavy atom. The van der Waals surface area contributed by atoms with Gasteiger partial charge in [0.1, 0.15) is 0 Å². The summed E-state index contributed by atoms with van der Waals surface area (Å²) in [5, 5.41) is 3.00. The Balaban J connectivity index is 3.99. The van der Waals surface area contributed by atoms with E-state index in [4.69, 9.17) is 5.73 Å². The average molecular weight is 232 g/mol. The van der Waals surface area contributed by atoms with Crippen LogP contribution < -0.4 is 11.1 Å². The van der Waals surface area contributed by atoms with Crippen LogP contribution in [0.5, 0.6) is 0 Å². The number of carbonyl (C=O) groups is 1. The van der Waals surface area contributed by atoms with Crippen molar-refractivity contribution in [1.29, 1.82) is 0 Å². The van der Waals surface area contributed by atoms with Crippen molar-refractivity contribution >= 4 is 17.7 Å². The number of thioether (sulfide) groups is 1. The van der Waals surface area contributed by atoms with Crippen LogP contribution in [-0.2, 0) is 4.79 Å². The van der Waals surface area contributed by atoms with Crippen molar-refractivity contribution in [3.05, 3.63) is 0 Å². The molecular formula is C11H24N2OS. The maximum atomic E-state index is 11.8. The highest BCUT2D eigenvalue weighted by Gasteiger charge is 2.21. The molecule has 4 heteroatoms. The number of amides is 1. The maximum absolute atomic E-state index is 11.8. The summed E-state index contributed by atoms with van der Waals surface area (Å²) >= 11 is 1.61. The van der Waals surface area contributed by atoms with Crippen LogP contribution in [0.1, 0.15) is 41.0 Å². The summed E-state index contributed by atoms with van der Waals surface area (Å²) in [6.45, 7) is 10.0. The molecule has 0 aliphatic heterocycles. The normalized spacial score (nSPS) is 15.9. The van der Waals surface area contributed by atoms with E-state index in [1.165, 1.54) is 0 Å². The van der Waals surface area contributed by atoms with Gasteiger partial charge in [0, 0.05) is 17.3 Å². The molecule has 1 amide bonds. The second kappa shape index (κ2) is 6.38. The summed E-state index contributed by atoms with van der Waals surface area (Å²) < 4.78 is 0. The molecule has 0 aliphatic carbocycles. The third-order valence-corrected chi connectivity index (χ3v) is 3.76. The summed E-state index contributed by atoms with van der Waals surface area (Å²) in [7, 11) is 0. The molecule has 0 aromatic heterocycles. The first kappa shape index (κ1) is 14.8. The van der Waals surface area contributed by atoms with E-state index in [2.05, 4.69) is 12.2 Å². The van der Waals surface area contributed by atoms with Crippen LogP contribution in [0.3, 0.4) is 0 Å². The number of hydrogen-bond donors (Lipinski definition) is 2. The van der Waals surface area contributed by atoms with Gasteiger partial charge in [-0.05, 0) is 34.1 Å². The third-order valence-electron chi connectivity index (χ3n) is 2.32. The van der Waals surface area contributed by atoms with Crippen LogP contribution in [-0.4, -0.2) is 28.5 Å². The van der Waals surface area contributed by atoms with E-state index in [0.29, 0.717) is 0 Å². The molecular weight excluding hydrogens is 208 g/mol. The smallest absolute Gasteiger partial charge is 0.233 e. The Bertz CT molecular complexity index is 205. The lowest BCUT2D eigenvalue weighted by Crippen LogP contribution is -2.46. The first-order valence-corrected chi connectivity index (χ1v) is 6.52. The quantitative estimate of drug-likeness (QED) is 0.733. The van der Waals surface area contributed by atoms with Gasteiger partial charge >= 0.3 is 0 Å². The fraction of sp³-hybridized carbons (Fsp3) is 0.909. The van der Waals surface area contributed by atoms with Crippen LogP contribution in [0.15, 0.2) is 0 Å². The zero-order valence-corrected chi connectivity index (χ0v) is 11.3. The van der Waals surface area contributed by atoms with Gasteiger partial charge in [-0.1, -0.05) is 6.92 Å². The minimum atomic E-state index is -0.111. The zero-order chi connectivity index (χ0) is 12.1. The van der Waals surface area contributed by atoms with E-state index in [1.54, 1.807) is 11.8 Å². The van der Waals surface area contributed by atoms with E-state index in [1.807, 2.05) is 27.7 Å². The first-order valence-electron chi connectivity index (χ1n) is 5.47. The van der Waals surface area contributed by atoms with Crippen LogP contribution in [0.25, 0.3) is 0 Å². The number of nitrogens with two attached hydrogens (primary N) is 1. The summed E-state index contributed by atoms with van der Waals surface area (Å²) in [6.07, 6.45) is 0.934. The first-order chi connectivity index (χ1) is 6.78. The molecule has 0 spiro atoms. The SMILES string of the molecule is CCC(C)(C)NC(=O)C(C)SCC(C)N. The van der Waals surface area contributed by atoms with Crippen molar-refractivity contribution in [2.24, 2.45) is 5.73 Å². The molecule has 2 unspecified atom stereocenters. The summed E-state index contributed by atoms with van der Waals surface area (Å²) in [4.78, 5) is 11.8. The highest BCUT2D eigenvalue weighted by atomic mass is 32.2. The molecule has 15 heavy (non-hydrogen) atoms. The van der Waals surface area contributed by atoms with Gasteiger partial charge in [0.25, 0.3) is 0 Å². The molecule has 3 nitrogen and oxygen atoms in total. The Morgan fingerprint density at radius 1 is 1.47 bits per heavy atom. The standard InChI is InChI=1S/C11H24N2OS/c1-6-11(4,5)13-10(14)9(3)15-7-8(2)12/h8-9H,6-7,12H2,1-5H3,(H,13,14). The van der Waals surface area contributed by atoms with Crippen molar-refractivity contribution in [1.82, 2.24) is 5.32 Å². The van der Waals surface area contributed by atoms with E-state index >= 15 is 0 Å². The zero-order valence-electron chi connectivity index (χ0n) is 10.5. The molecule has 2 atom stereocenters. The highest BCUT2D eigenvalue weighted by molar-refractivity contribution is 8.00. The van der Waals surface area contributed by atoms with Crippen LogP contribution in [0.2, 0.25) is 0 Å². The molecule has 0 saturated carbocycles. The molecule has 0 heterocycles. The van der Waals surface area contributed by atoms with Gasteiger partial charge in [-0.25, -0.2) is 0 Å². The number of rotatable bonds is 6. The lowest BCUT2D eigenvalue weighted by atomic mass is 10.0. The number of hydrogen-bond acceptors (Lipinski definition) is 3. The Kier molecular flexibility index (Phi) is 6.29. The molecule has 90 valence electrons. The molecule has 0 aromatic carbocycles. The molecule has 0 saturated heterocycles. The topological polar surface area (TPSA) is 55.1 Å². The van der Waals surface area contributed by atoms with E-state index < -0.39 is 0 Å². The average Bonchev–Trinajstić information content (AvgIpc) is 2.13. The van der Waals surface area contributed by atoms with E-state index in [-0.39, 0.29) is 22.7 Å². The van der Waals surface area contributed by atoms with E-state index in [0.717, 1.165) is 12.2 Å². The van der Waals surface area contributed by atoms with Crippen molar-refractivity contribution in [2.75, 3.05) is 5.75 Å². The summed E-state index contributed by atoms with van der Waals surface area (Å²) in [5.41, 5.74) is 5.53. The van der Waals surface area contributed by atoms with Gasteiger partial charge in [0.15, 0.2) is 0 Å². The highest BCUT2D eigenvalue weighted by Crippen LogP contribution is 2.14. The van der Waals surface area contributed by atoms with Gasteiger partial charge in [0.05, 0.1) is 5.25 Å². The fourth-order valence-corrected chi connectivity index (χ4v) is 1.70. The molecule has 0 fully saturated rings. The van der Waals surface area contributed by atoms with Crippen molar-refractivity contribution < 1.29 is 4.79 Å². The minimum Gasteiger partial charge on any atom is -0.350 e. The molecule has 0 radical (unpaired) electrons. The fourth-order valence-electron chi connectivity index (χ4n) is 0.895. The van der Waals surface area contributed by atoms with E-state index in [9.17, 15) is 4.79 Å². The molecule has 0 aromatic rings. The predicted octanol–water partition coefficient (Wildman–Crippen LogP) is 1.76. The second-order valence-corrected chi connectivity index (χ2v) is 6.05. The lowest BCUT2D eigenvalue weighted by Gasteiger charge is -2.26. The van der Waals surface area contributed by atoms with Crippen molar-refractivity contribution in [2.45, 2.75) is 57.9 Å². The maximum Gasteiger partial charge on any atom is 0.233 e. The largest absolute Gasteiger partial charge is 0.350 e. The number of carbonyl (C=O) groups excluding carboxylic acids is 1. The Morgan fingerprint density at radius 2 is 2.00 bits per heavy atom. The summed E-state index contributed by atoms with van der Waals surface area (Å²) in [5.74, 6) is 0.925. The predicted molar refractivity (Wildman–Crippen MR) is 68.1 cm³/mol. The molecule has 0 bridgehead atoms. The molecule has 0 rings (SSSR count). The van der Waals surface area contributed by atoms with Gasteiger partial charge in [-0.3, -0.25) is 4.79 Å². The summed E-state index contributed by atoms with van der Waals surface area (Å²) in [6, 6.07) is 0.143. The molecule has 0 aliphatic rings. The molecule has 3 N–H and O–H groups in total.